The summed E-state index contributed by atoms with van der Waals surface area (Å²) in [6.07, 6.45) is 3.90. The number of carbonyl (C=O) groups excluding carboxylic acids is 2. The van der Waals surface area contributed by atoms with Crippen molar-refractivity contribution in [2.24, 2.45) is 17.8 Å². The van der Waals surface area contributed by atoms with Gasteiger partial charge < -0.3 is 19.1 Å². The highest BCUT2D eigenvalue weighted by atomic mass is 19.1. The zero-order valence-corrected chi connectivity index (χ0v) is 19.0. The summed E-state index contributed by atoms with van der Waals surface area (Å²) < 4.78 is 29.9. The summed E-state index contributed by atoms with van der Waals surface area (Å²) in [5.74, 6) is 1.55. The number of hydrogen-bond donors (Lipinski definition) is 0. The Labute approximate surface area is 184 Å². The summed E-state index contributed by atoms with van der Waals surface area (Å²) in [6.45, 7) is 7.74. The van der Waals surface area contributed by atoms with Crippen LogP contribution in [-0.4, -0.2) is 49.4 Å². The van der Waals surface area contributed by atoms with Gasteiger partial charge in [0.25, 0.3) is 0 Å². The van der Waals surface area contributed by atoms with Crippen LogP contribution in [0.15, 0.2) is 18.2 Å². The van der Waals surface area contributed by atoms with Crippen molar-refractivity contribution in [3.05, 3.63) is 29.6 Å². The number of hydrogen-bond acceptors (Lipinski definition) is 5. The summed E-state index contributed by atoms with van der Waals surface area (Å²) >= 11 is 0. The highest BCUT2D eigenvalue weighted by Gasteiger charge is 2.43. The molecule has 0 radical (unpaired) electrons. The van der Waals surface area contributed by atoms with Gasteiger partial charge in [0, 0.05) is 19.2 Å². The molecule has 0 bridgehead atoms. The minimum absolute atomic E-state index is 0.0842. The number of piperidine rings is 1. The Morgan fingerprint density at radius 3 is 2.52 bits per heavy atom. The first-order valence-electron chi connectivity index (χ1n) is 11.1. The fraction of sp³-hybridized carbons (Fsp3) is 0.667. The molecule has 1 aromatic carbocycles. The molecule has 172 valence electrons. The van der Waals surface area contributed by atoms with Gasteiger partial charge in [-0.1, -0.05) is 6.07 Å². The van der Waals surface area contributed by atoms with Crippen LogP contribution in [0, 0.1) is 23.6 Å². The SMILES string of the molecule is COC(=O)Cc1ccc(OCCC2CC2C2CCN(C(=O)OC(C)(C)C)CC2)cc1F. The summed E-state index contributed by atoms with van der Waals surface area (Å²) in [5.41, 5.74) is -0.153. The molecule has 1 amide bonds. The fourth-order valence-corrected chi connectivity index (χ4v) is 4.33. The lowest BCUT2D eigenvalue weighted by Gasteiger charge is -2.33. The molecule has 3 rings (SSSR count). The van der Waals surface area contributed by atoms with Gasteiger partial charge in [-0.05, 0) is 75.8 Å². The number of rotatable bonds is 7. The lowest BCUT2D eigenvalue weighted by molar-refractivity contribution is -0.139. The second-order valence-electron chi connectivity index (χ2n) is 9.61. The van der Waals surface area contributed by atoms with Gasteiger partial charge in [0.15, 0.2) is 0 Å². The van der Waals surface area contributed by atoms with Crippen LogP contribution in [0.25, 0.3) is 0 Å². The first-order chi connectivity index (χ1) is 14.7. The van der Waals surface area contributed by atoms with Crippen LogP contribution < -0.4 is 4.74 Å². The van der Waals surface area contributed by atoms with Crippen LogP contribution in [0.2, 0.25) is 0 Å². The highest BCUT2D eigenvalue weighted by Crippen LogP contribution is 2.49. The molecule has 7 heteroatoms. The van der Waals surface area contributed by atoms with E-state index in [9.17, 15) is 14.0 Å². The van der Waals surface area contributed by atoms with E-state index in [1.807, 2.05) is 25.7 Å². The van der Waals surface area contributed by atoms with Crippen LogP contribution in [-0.2, 0) is 20.7 Å². The van der Waals surface area contributed by atoms with E-state index in [0.717, 1.165) is 32.4 Å². The highest BCUT2D eigenvalue weighted by molar-refractivity contribution is 5.72. The second-order valence-corrected chi connectivity index (χ2v) is 9.61. The van der Waals surface area contributed by atoms with Crippen LogP contribution >= 0.6 is 0 Å². The maximum atomic E-state index is 14.1. The molecule has 2 atom stereocenters. The van der Waals surface area contributed by atoms with E-state index in [-0.39, 0.29) is 12.5 Å². The third kappa shape index (κ3) is 6.84. The molecular formula is C24H34FNO5. The summed E-state index contributed by atoms with van der Waals surface area (Å²) in [6, 6.07) is 4.59. The summed E-state index contributed by atoms with van der Waals surface area (Å²) in [7, 11) is 1.28. The fourth-order valence-electron chi connectivity index (χ4n) is 4.33. The molecular weight excluding hydrogens is 401 g/mol. The van der Waals surface area contributed by atoms with Gasteiger partial charge in [0.1, 0.15) is 17.2 Å². The molecule has 31 heavy (non-hydrogen) atoms. The number of methoxy groups -OCH3 is 1. The zero-order chi connectivity index (χ0) is 22.6. The zero-order valence-electron chi connectivity index (χ0n) is 19.0. The van der Waals surface area contributed by atoms with Crippen molar-refractivity contribution in [1.29, 1.82) is 0 Å². The normalized spacial score (nSPS) is 21.5. The molecule has 1 saturated carbocycles. The Hall–Kier alpha value is -2.31. The number of amides is 1. The Morgan fingerprint density at radius 1 is 1.19 bits per heavy atom. The Bertz CT molecular complexity index is 783. The lowest BCUT2D eigenvalue weighted by atomic mass is 9.90. The first kappa shape index (κ1) is 23.4. The largest absolute Gasteiger partial charge is 0.493 e. The Morgan fingerprint density at radius 2 is 1.90 bits per heavy atom. The van der Waals surface area contributed by atoms with Gasteiger partial charge in [-0.2, -0.15) is 0 Å². The Balaban J connectivity index is 1.36. The van der Waals surface area contributed by atoms with Gasteiger partial charge in [0.2, 0.25) is 0 Å². The monoisotopic (exact) mass is 435 g/mol. The van der Waals surface area contributed by atoms with Crippen molar-refractivity contribution in [2.75, 3.05) is 26.8 Å². The van der Waals surface area contributed by atoms with E-state index in [4.69, 9.17) is 9.47 Å². The molecule has 1 aliphatic heterocycles. The average molecular weight is 436 g/mol. The van der Waals surface area contributed by atoms with Crippen molar-refractivity contribution in [3.63, 3.8) is 0 Å². The van der Waals surface area contributed by atoms with E-state index < -0.39 is 17.4 Å². The van der Waals surface area contributed by atoms with Crippen LogP contribution in [0.1, 0.15) is 52.0 Å². The van der Waals surface area contributed by atoms with E-state index in [1.54, 1.807) is 12.1 Å². The number of nitrogens with zero attached hydrogens (tertiary/aromatic N) is 1. The third-order valence-corrected chi connectivity index (χ3v) is 6.12. The van der Waals surface area contributed by atoms with Crippen molar-refractivity contribution in [3.8, 4) is 5.75 Å². The van der Waals surface area contributed by atoms with E-state index in [2.05, 4.69) is 4.74 Å². The van der Waals surface area contributed by atoms with Crippen molar-refractivity contribution in [2.45, 2.75) is 58.5 Å². The van der Waals surface area contributed by atoms with Crippen molar-refractivity contribution in [1.82, 2.24) is 4.90 Å². The predicted octanol–water partition coefficient (Wildman–Crippen LogP) is 4.59. The van der Waals surface area contributed by atoms with Crippen molar-refractivity contribution >= 4 is 12.1 Å². The maximum absolute atomic E-state index is 14.1. The van der Waals surface area contributed by atoms with Crippen molar-refractivity contribution < 1.29 is 28.2 Å². The van der Waals surface area contributed by atoms with Crippen LogP contribution in [0.5, 0.6) is 5.75 Å². The van der Waals surface area contributed by atoms with Gasteiger partial charge in [-0.15, -0.1) is 0 Å². The minimum Gasteiger partial charge on any atom is -0.493 e. The smallest absolute Gasteiger partial charge is 0.410 e. The summed E-state index contributed by atoms with van der Waals surface area (Å²) in [5, 5.41) is 0. The molecule has 2 aliphatic rings. The number of benzene rings is 1. The van der Waals surface area contributed by atoms with Gasteiger partial charge in [-0.3, -0.25) is 4.79 Å². The van der Waals surface area contributed by atoms with Crippen LogP contribution in [0.4, 0.5) is 9.18 Å². The number of ether oxygens (including phenoxy) is 3. The van der Waals surface area contributed by atoms with Crippen LogP contribution in [0.3, 0.4) is 0 Å². The van der Waals surface area contributed by atoms with Gasteiger partial charge in [0.05, 0.1) is 20.1 Å². The molecule has 1 saturated heterocycles. The quantitative estimate of drug-likeness (QED) is 0.586. The molecule has 2 unspecified atom stereocenters. The topological polar surface area (TPSA) is 65.1 Å². The number of carbonyl (C=O) groups is 2. The molecule has 1 aliphatic carbocycles. The molecule has 1 heterocycles. The second kappa shape index (κ2) is 9.88. The first-order valence-corrected chi connectivity index (χ1v) is 11.1. The van der Waals surface area contributed by atoms with Gasteiger partial charge in [-0.25, -0.2) is 9.18 Å². The molecule has 2 fully saturated rings. The molecule has 1 aromatic rings. The predicted molar refractivity (Wildman–Crippen MR) is 114 cm³/mol. The minimum atomic E-state index is -0.468. The maximum Gasteiger partial charge on any atom is 0.410 e. The number of halogens is 1. The third-order valence-electron chi connectivity index (χ3n) is 6.12. The molecule has 0 spiro atoms. The Kier molecular flexibility index (Phi) is 7.44. The molecule has 6 nitrogen and oxygen atoms in total. The van der Waals surface area contributed by atoms with E-state index in [1.165, 1.54) is 19.6 Å². The average Bonchev–Trinajstić information content (AvgIpc) is 3.48. The van der Waals surface area contributed by atoms with E-state index >= 15 is 0 Å². The molecule has 0 N–H and O–H groups in total. The lowest BCUT2D eigenvalue weighted by Crippen LogP contribution is -2.42. The number of likely N-dealkylation sites (tertiary alicyclic amines) is 1. The van der Waals surface area contributed by atoms with E-state index in [0.29, 0.717) is 35.7 Å². The standard InChI is InChI=1S/C24H34FNO5/c1-24(2,3)31-23(28)26-10-7-16(8-11-26)20-13-17(20)9-12-30-19-6-5-18(21(25)15-19)14-22(27)29-4/h5-6,15-17,20H,7-14H2,1-4H3. The van der Waals surface area contributed by atoms with Gasteiger partial charge >= 0.3 is 12.1 Å². The number of esters is 1. The summed E-state index contributed by atoms with van der Waals surface area (Å²) in [4.78, 5) is 25.3. The molecule has 0 aromatic heterocycles.